The van der Waals surface area contributed by atoms with Gasteiger partial charge in [-0.05, 0) is 43.9 Å². The van der Waals surface area contributed by atoms with E-state index in [9.17, 15) is 4.79 Å². The Labute approximate surface area is 109 Å². The lowest BCUT2D eigenvalue weighted by atomic mass is 9.99. The zero-order chi connectivity index (χ0) is 12.5. The van der Waals surface area contributed by atoms with Gasteiger partial charge in [-0.25, -0.2) is 0 Å². The van der Waals surface area contributed by atoms with Crippen LogP contribution >= 0.6 is 0 Å². The third-order valence-electron chi connectivity index (χ3n) is 4.78. The Morgan fingerprint density at radius 1 is 1.11 bits per heavy atom. The number of amides is 1. The van der Waals surface area contributed by atoms with Crippen LogP contribution in [0.15, 0.2) is 0 Å². The van der Waals surface area contributed by atoms with E-state index in [1.54, 1.807) is 0 Å². The second-order valence-electron chi connectivity index (χ2n) is 6.30. The van der Waals surface area contributed by atoms with Crippen LogP contribution in [-0.4, -0.2) is 54.5 Å². The fourth-order valence-corrected chi connectivity index (χ4v) is 3.53. The van der Waals surface area contributed by atoms with Crippen molar-refractivity contribution in [2.45, 2.75) is 38.1 Å². The monoisotopic (exact) mass is 251 g/mol. The number of piperidine rings is 1. The first-order valence-electron chi connectivity index (χ1n) is 7.50. The van der Waals surface area contributed by atoms with Crippen molar-refractivity contribution >= 4 is 5.91 Å². The van der Waals surface area contributed by atoms with Crippen LogP contribution in [0.5, 0.6) is 0 Å². The van der Waals surface area contributed by atoms with Crippen LogP contribution in [0.4, 0.5) is 0 Å². The first-order valence-corrected chi connectivity index (χ1v) is 7.50. The molecule has 0 aromatic rings. The number of carbonyl (C=O) groups is 1. The number of nitrogens with zero attached hydrogens (tertiary/aromatic N) is 2. The van der Waals surface area contributed by atoms with E-state index >= 15 is 0 Å². The summed E-state index contributed by atoms with van der Waals surface area (Å²) in [5.41, 5.74) is 6.20. The highest BCUT2D eigenvalue weighted by Crippen LogP contribution is 2.40. The third-order valence-corrected chi connectivity index (χ3v) is 4.78. The second-order valence-corrected chi connectivity index (χ2v) is 6.30. The van der Waals surface area contributed by atoms with Gasteiger partial charge >= 0.3 is 0 Å². The second kappa shape index (κ2) is 5.17. The molecule has 0 bridgehead atoms. The van der Waals surface area contributed by atoms with E-state index in [4.69, 9.17) is 5.73 Å². The van der Waals surface area contributed by atoms with Crippen molar-refractivity contribution in [2.24, 2.45) is 17.6 Å². The van der Waals surface area contributed by atoms with Crippen LogP contribution in [0.3, 0.4) is 0 Å². The minimum atomic E-state index is 0.298. The standard InChI is InChI=1S/C14H25N3O/c15-13-9-16(8-12(13)11-4-5-11)10-14(18)17-6-2-1-3-7-17/h11-13H,1-10,15H2/t12-,13+/m0/s1. The smallest absolute Gasteiger partial charge is 0.236 e. The number of likely N-dealkylation sites (tertiary alicyclic amines) is 2. The summed E-state index contributed by atoms with van der Waals surface area (Å²) in [6.45, 7) is 4.48. The van der Waals surface area contributed by atoms with Gasteiger partial charge in [0, 0.05) is 32.2 Å². The molecule has 1 saturated carbocycles. The minimum Gasteiger partial charge on any atom is -0.342 e. The van der Waals surface area contributed by atoms with E-state index in [2.05, 4.69) is 4.90 Å². The number of carbonyl (C=O) groups excluding carboxylic acids is 1. The zero-order valence-electron chi connectivity index (χ0n) is 11.2. The zero-order valence-corrected chi connectivity index (χ0v) is 11.2. The molecule has 2 saturated heterocycles. The first-order chi connectivity index (χ1) is 8.74. The normalized spacial score (nSPS) is 33.9. The molecular weight excluding hydrogens is 226 g/mol. The van der Waals surface area contributed by atoms with Gasteiger partial charge < -0.3 is 10.6 Å². The average molecular weight is 251 g/mol. The lowest BCUT2D eigenvalue weighted by Crippen LogP contribution is -2.42. The van der Waals surface area contributed by atoms with Crippen molar-refractivity contribution in [3.05, 3.63) is 0 Å². The Kier molecular flexibility index (Phi) is 3.57. The fraction of sp³-hybridized carbons (Fsp3) is 0.929. The molecule has 2 N–H and O–H groups in total. The quantitative estimate of drug-likeness (QED) is 0.802. The number of nitrogens with two attached hydrogens (primary N) is 1. The molecule has 2 atom stereocenters. The Balaban J connectivity index is 1.49. The van der Waals surface area contributed by atoms with Gasteiger partial charge in [-0.3, -0.25) is 9.69 Å². The third kappa shape index (κ3) is 2.69. The van der Waals surface area contributed by atoms with E-state index in [0.717, 1.165) is 32.1 Å². The summed E-state index contributed by atoms with van der Waals surface area (Å²) in [4.78, 5) is 16.5. The van der Waals surface area contributed by atoms with Gasteiger partial charge in [0.1, 0.15) is 0 Å². The van der Waals surface area contributed by atoms with Crippen LogP contribution in [0.1, 0.15) is 32.1 Å². The molecule has 2 aliphatic heterocycles. The van der Waals surface area contributed by atoms with Gasteiger partial charge in [-0.1, -0.05) is 0 Å². The SMILES string of the molecule is N[C@@H]1CN(CC(=O)N2CCCCC2)C[C@H]1C1CC1. The Hall–Kier alpha value is -0.610. The largest absolute Gasteiger partial charge is 0.342 e. The van der Waals surface area contributed by atoms with E-state index in [0.29, 0.717) is 24.4 Å². The molecule has 3 fully saturated rings. The van der Waals surface area contributed by atoms with Gasteiger partial charge in [-0.2, -0.15) is 0 Å². The highest BCUT2D eigenvalue weighted by atomic mass is 16.2. The summed E-state index contributed by atoms with van der Waals surface area (Å²) in [5, 5.41) is 0. The van der Waals surface area contributed by atoms with Crippen molar-refractivity contribution in [3.63, 3.8) is 0 Å². The highest BCUT2D eigenvalue weighted by molar-refractivity contribution is 5.78. The van der Waals surface area contributed by atoms with Gasteiger partial charge in [0.05, 0.1) is 6.54 Å². The van der Waals surface area contributed by atoms with E-state index in [-0.39, 0.29) is 0 Å². The fourth-order valence-electron chi connectivity index (χ4n) is 3.53. The molecule has 4 nitrogen and oxygen atoms in total. The molecule has 102 valence electrons. The molecule has 2 heterocycles. The minimum absolute atomic E-state index is 0.298. The summed E-state index contributed by atoms with van der Waals surface area (Å²) in [6, 6.07) is 0.298. The topological polar surface area (TPSA) is 49.6 Å². The van der Waals surface area contributed by atoms with Crippen molar-refractivity contribution in [3.8, 4) is 0 Å². The Morgan fingerprint density at radius 2 is 1.83 bits per heavy atom. The number of hydrogen-bond donors (Lipinski definition) is 1. The van der Waals surface area contributed by atoms with Crippen LogP contribution in [0, 0.1) is 11.8 Å². The van der Waals surface area contributed by atoms with E-state index in [1.807, 2.05) is 4.90 Å². The Bertz CT molecular complexity index is 310. The predicted octanol–water partition coefficient (Wildman–Crippen LogP) is 0.668. The maximum atomic E-state index is 12.2. The van der Waals surface area contributed by atoms with Crippen molar-refractivity contribution in [1.82, 2.24) is 9.80 Å². The molecule has 18 heavy (non-hydrogen) atoms. The van der Waals surface area contributed by atoms with E-state index in [1.165, 1.54) is 32.1 Å². The lowest BCUT2D eigenvalue weighted by Gasteiger charge is -2.28. The van der Waals surface area contributed by atoms with Gasteiger partial charge in [0.15, 0.2) is 0 Å². The summed E-state index contributed by atoms with van der Waals surface area (Å²) in [5.74, 6) is 1.83. The van der Waals surface area contributed by atoms with Crippen molar-refractivity contribution in [2.75, 3.05) is 32.7 Å². The Morgan fingerprint density at radius 3 is 2.50 bits per heavy atom. The summed E-state index contributed by atoms with van der Waals surface area (Å²) >= 11 is 0. The van der Waals surface area contributed by atoms with Crippen LogP contribution in [-0.2, 0) is 4.79 Å². The lowest BCUT2D eigenvalue weighted by molar-refractivity contribution is -0.133. The molecule has 0 aromatic heterocycles. The molecule has 0 radical (unpaired) electrons. The maximum Gasteiger partial charge on any atom is 0.236 e. The van der Waals surface area contributed by atoms with Crippen molar-refractivity contribution < 1.29 is 4.79 Å². The molecule has 0 unspecified atom stereocenters. The first kappa shape index (κ1) is 12.4. The summed E-state index contributed by atoms with van der Waals surface area (Å²) in [6.07, 6.45) is 6.34. The molecule has 1 aliphatic carbocycles. The molecule has 4 heteroatoms. The van der Waals surface area contributed by atoms with Gasteiger partial charge in [-0.15, -0.1) is 0 Å². The molecule has 1 amide bonds. The number of hydrogen-bond acceptors (Lipinski definition) is 3. The van der Waals surface area contributed by atoms with Crippen LogP contribution < -0.4 is 5.73 Å². The van der Waals surface area contributed by atoms with Gasteiger partial charge in [0.25, 0.3) is 0 Å². The van der Waals surface area contributed by atoms with Crippen LogP contribution in [0.25, 0.3) is 0 Å². The number of rotatable bonds is 3. The molecule has 0 aromatic carbocycles. The summed E-state index contributed by atoms with van der Waals surface area (Å²) in [7, 11) is 0. The molecule has 3 rings (SSSR count). The molecule has 0 spiro atoms. The van der Waals surface area contributed by atoms with Crippen LogP contribution in [0.2, 0.25) is 0 Å². The molecular formula is C14H25N3O. The predicted molar refractivity (Wildman–Crippen MR) is 71.1 cm³/mol. The van der Waals surface area contributed by atoms with Crippen molar-refractivity contribution in [1.29, 1.82) is 0 Å². The maximum absolute atomic E-state index is 12.2. The average Bonchev–Trinajstić information content (AvgIpc) is 3.15. The summed E-state index contributed by atoms with van der Waals surface area (Å²) < 4.78 is 0. The van der Waals surface area contributed by atoms with E-state index < -0.39 is 0 Å². The van der Waals surface area contributed by atoms with Gasteiger partial charge in [0.2, 0.25) is 5.91 Å². The highest BCUT2D eigenvalue weighted by Gasteiger charge is 2.41. The molecule has 3 aliphatic rings.